The van der Waals surface area contributed by atoms with Crippen LogP contribution in [0.1, 0.15) is 19.8 Å². The third-order valence-electron chi connectivity index (χ3n) is 2.78. The molecule has 0 aromatic heterocycles. The maximum Gasteiger partial charge on any atom is 0.00242 e. The van der Waals surface area contributed by atoms with Gasteiger partial charge in [0.15, 0.2) is 0 Å². The molecule has 0 amide bonds. The van der Waals surface area contributed by atoms with Gasteiger partial charge in [-0.25, -0.2) is 0 Å². The van der Waals surface area contributed by atoms with E-state index in [0.29, 0.717) is 0 Å². The first-order valence-electron chi connectivity index (χ1n) is 5.49. The van der Waals surface area contributed by atoms with Crippen LogP contribution in [0, 0.1) is 0 Å². The summed E-state index contributed by atoms with van der Waals surface area (Å²) in [4.78, 5) is 0. The van der Waals surface area contributed by atoms with Crippen LogP contribution in [0.5, 0.6) is 0 Å². The van der Waals surface area contributed by atoms with Crippen molar-refractivity contribution in [2.45, 2.75) is 19.8 Å². The quantitative estimate of drug-likeness (QED) is 0.689. The second kappa shape index (κ2) is 4.91. The average molecular weight is 207 g/mol. The Morgan fingerprint density at radius 3 is 2.36 bits per heavy atom. The van der Waals surface area contributed by atoms with Crippen molar-refractivity contribution in [3.05, 3.63) is 30.3 Å². The summed E-state index contributed by atoms with van der Waals surface area (Å²) in [5.41, 5.74) is 0. The second-order valence-electron chi connectivity index (χ2n) is 3.71. The summed E-state index contributed by atoms with van der Waals surface area (Å²) >= 11 is 0. The molecule has 76 valence electrons. The smallest absolute Gasteiger partial charge is 0.00242 e. The Morgan fingerprint density at radius 1 is 1.14 bits per heavy atom. The lowest BCUT2D eigenvalue weighted by molar-refractivity contribution is 0.570. The standard InChI is InChI=1S/C12H18NP/c1-2-14(13-10-6-7-11-13)12-8-4-3-5-9-12/h3-5,8-9H,2,6-7,10-11H2,1H3. The summed E-state index contributed by atoms with van der Waals surface area (Å²) < 4.78 is 2.69. The monoisotopic (exact) mass is 207 g/mol. The predicted octanol–water partition coefficient (Wildman–Crippen LogP) is 2.82. The lowest BCUT2D eigenvalue weighted by Crippen LogP contribution is -2.20. The van der Waals surface area contributed by atoms with Gasteiger partial charge in [-0.2, -0.15) is 0 Å². The van der Waals surface area contributed by atoms with E-state index in [0.717, 1.165) is 0 Å². The van der Waals surface area contributed by atoms with E-state index in [1.165, 1.54) is 32.1 Å². The Morgan fingerprint density at radius 2 is 1.79 bits per heavy atom. The Labute approximate surface area is 87.9 Å². The lowest BCUT2D eigenvalue weighted by Gasteiger charge is -2.26. The minimum absolute atomic E-state index is 0.0213. The van der Waals surface area contributed by atoms with Gasteiger partial charge in [-0.1, -0.05) is 37.3 Å². The number of benzene rings is 1. The summed E-state index contributed by atoms with van der Waals surface area (Å²) in [5.74, 6) is 0. The molecule has 1 heterocycles. The van der Waals surface area contributed by atoms with E-state index < -0.39 is 0 Å². The largest absolute Gasteiger partial charge is 0.278 e. The summed E-state index contributed by atoms with van der Waals surface area (Å²) in [7, 11) is -0.0213. The fourth-order valence-corrected chi connectivity index (χ4v) is 4.46. The molecule has 14 heavy (non-hydrogen) atoms. The molecule has 1 nitrogen and oxygen atoms in total. The van der Waals surface area contributed by atoms with E-state index in [9.17, 15) is 0 Å². The lowest BCUT2D eigenvalue weighted by atomic mass is 10.4. The molecule has 1 fully saturated rings. The van der Waals surface area contributed by atoms with Crippen LogP contribution < -0.4 is 5.30 Å². The molecule has 0 radical (unpaired) electrons. The summed E-state index contributed by atoms with van der Waals surface area (Å²) in [6.07, 6.45) is 4.08. The van der Waals surface area contributed by atoms with Crippen LogP contribution in [0.3, 0.4) is 0 Å². The molecule has 1 aromatic carbocycles. The van der Waals surface area contributed by atoms with Gasteiger partial charge in [0.25, 0.3) is 0 Å². The summed E-state index contributed by atoms with van der Waals surface area (Å²) in [5, 5.41) is 1.55. The molecule has 0 N–H and O–H groups in total. The van der Waals surface area contributed by atoms with Crippen LogP contribution >= 0.6 is 8.07 Å². The average Bonchev–Trinajstić information content (AvgIpc) is 2.74. The van der Waals surface area contributed by atoms with Gasteiger partial charge in [-0.05, 0) is 32.4 Å². The van der Waals surface area contributed by atoms with Gasteiger partial charge >= 0.3 is 0 Å². The highest BCUT2D eigenvalue weighted by atomic mass is 31.1. The first-order chi connectivity index (χ1) is 6.92. The number of hydrogen-bond acceptors (Lipinski definition) is 1. The maximum atomic E-state index is 2.69. The number of rotatable bonds is 3. The van der Waals surface area contributed by atoms with Gasteiger partial charge in [0.2, 0.25) is 0 Å². The van der Waals surface area contributed by atoms with Gasteiger partial charge in [0.05, 0.1) is 0 Å². The zero-order chi connectivity index (χ0) is 9.80. The summed E-state index contributed by atoms with van der Waals surface area (Å²) in [6, 6.07) is 11.0. The third kappa shape index (κ3) is 2.16. The molecule has 0 saturated carbocycles. The zero-order valence-corrected chi connectivity index (χ0v) is 9.71. The van der Waals surface area contributed by atoms with Crippen LogP contribution in [-0.2, 0) is 0 Å². The van der Waals surface area contributed by atoms with E-state index in [2.05, 4.69) is 41.9 Å². The number of nitrogens with zero attached hydrogens (tertiary/aromatic N) is 1. The van der Waals surface area contributed by atoms with Gasteiger partial charge in [0.1, 0.15) is 0 Å². The Bertz CT molecular complexity index is 267. The van der Waals surface area contributed by atoms with Crippen molar-refractivity contribution in [2.75, 3.05) is 19.3 Å². The first kappa shape index (κ1) is 10.1. The molecular weight excluding hydrogens is 189 g/mol. The number of hydrogen-bond donors (Lipinski definition) is 0. The predicted molar refractivity (Wildman–Crippen MR) is 64.3 cm³/mol. The molecule has 1 aliphatic rings. The minimum atomic E-state index is -0.0213. The maximum absolute atomic E-state index is 2.69. The minimum Gasteiger partial charge on any atom is -0.278 e. The molecule has 0 bridgehead atoms. The van der Waals surface area contributed by atoms with Gasteiger partial charge < -0.3 is 0 Å². The summed E-state index contributed by atoms with van der Waals surface area (Å²) in [6.45, 7) is 4.94. The third-order valence-corrected chi connectivity index (χ3v) is 5.35. The molecule has 1 atom stereocenters. The Kier molecular flexibility index (Phi) is 3.55. The van der Waals surface area contributed by atoms with Crippen LogP contribution in [0.15, 0.2) is 30.3 Å². The molecule has 2 rings (SSSR count). The molecule has 0 aliphatic carbocycles. The van der Waals surface area contributed by atoms with E-state index in [1.54, 1.807) is 5.30 Å². The van der Waals surface area contributed by atoms with Crippen molar-refractivity contribution in [3.8, 4) is 0 Å². The van der Waals surface area contributed by atoms with Crippen LogP contribution in [0.4, 0.5) is 0 Å². The molecule has 1 aromatic rings. The highest BCUT2D eigenvalue weighted by Gasteiger charge is 2.21. The van der Waals surface area contributed by atoms with Gasteiger partial charge in [-0.3, -0.25) is 4.67 Å². The van der Waals surface area contributed by atoms with Crippen molar-refractivity contribution in [1.82, 2.24) is 4.67 Å². The zero-order valence-electron chi connectivity index (χ0n) is 8.82. The Hall–Kier alpha value is -0.390. The normalized spacial score (nSPS) is 19.8. The molecule has 0 spiro atoms. The highest BCUT2D eigenvalue weighted by Crippen LogP contribution is 2.40. The van der Waals surface area contributed by atoms with E-state index in [4.69, 9.17) is 0 Å². The van der Waals surface area contributed by atoms with E-state index in [-0.39, 0.29) is 8.07 Å². The Balaban J connectivity index is 2.12. The van der Waals surface area contributed by atoms with Crippen molar-refractivity contribution in [1.29, 1.82) is 0 Å². The molecule has 1 unspecified atom stereocenters. The van der Waals surface area contributed by atoms with Crippen LogP contribution in [0.25, 0.3) is 0 Å². The topological polar surface area (TPSA) is 3.24 Å². The van der Waals surface area contributed by atoms with E-state index >= 15 is 0 Å². The SMILES string of the molecule is CCP(c1ccccc1)N1CCCC1. The fourth-order valence-electron chi connectivity index (χ4n) is 2.09. The van der Waals surface area contributed by atoms with Gasteiger partial charge in [-0.15, -0.1) is 0 Å². The molecule has 1 aliphatic heterocycles. The second-order valence-corrected chi connectivity index (χ2v) is 6.23. The molecular formula is C12H18NP. The van der Waals surface area contributed by atoms with Crippen molar-refractivity contribution >= 4 is 13.4 Å². The first-order valence-corrected chi connectivity index (χ1v) is 6.97. The van der Waals surface area contributed by atoms with Gasteiger partial charge in [0, 0.05) is 13.1 Å². The van der Waals surface area contributed by atoms with Crippen molar-refractivity contribution in [2.24, 2.45) is 0 Å². The van der Waals surface area contributed by atoms with Crippen LogP contribution in [-0.4, -0.2) is 23.9 Å². The molecule has 1 saturated heterocycles. The van der Waals surface area contributed by atoms with Crippen LogP contribution in [0.2, 0.25) is 0 Å². The van der Waals surface area contributed by atoms with Crippen molar-refractivity contribution in [3.63, 3.8) is 0 Å². The van der Waals surface area contributed by atoms with Crippen molar-refractivity contribution < 1.29 is 0 Å². The molecule has 2 heteroatoms. The van der Waals surface area contributed by atoms with E-state index in [1.807, 2.05) is 0 Å². The fraction of sp³-hybridized carbons (Fsp3) is 0.500. The highest BCUT2D eigenvalue weighted by molar-refractivity contribution is 7.63.